The van der Waals surface area contributed by atoms with E-state index >= 15 is 0 Å². The summed E-state index contributed by atoms with van der Waals surface area (Å²) < 4.78 is 54.2. The minimum atomic E-state index is -3.57. The molecule has 2 aromatic carbocycles. The van der Waals surface area contributed by atoms with Gasteiger partial charge in [0, 0.05) is 12.0 Å². The first-order valence-corrected chi connectivity index (χ1v) is 11.9. The van der Waals surface area contributed by atoms with Gasteiger partial charge in [-0.25, -0.2) is 22.2 Å². The van der Waals surface area contributed by atoms with Crippen LogP contribution in [0.5, 0.6) is 0 Å². The number of carbonyl (C=O) groups excluding carboxylic acids is 1. The van der Waals surface area contributed by atoms with E-state index in [0.29, 0.717) is 12.0 Å². The SMILES string of the molecule is CC(C)CC(=O)c1ccc(F)c(Nc2ncc(F)c(Nc3ccccc3NS(C)(=O)=O)n2)c1. The highest BCUT2D eigenvalue weighted by Crippen LogP contribution is 2.28. The fourth-order valence-corrected chi connectivity index (χ4v) is 3.50. The molecule has 0 aliphatic rings. The first kappa shape index (κ1) is 24.1. The van der Waals surface area contributed by atoms with Gasteiger partial charge in [0.1, 0.15) is 5.82 Å². The zero-order valence-electron chi connectivity index (χ0n) is 18.2. The molecule has 0 aliphatic carbocycles. The molecule has 3 N–H and O–H groups in total. The van der Waals surface area contributed by atoms with E-state index in [0.717, 1.165) is 18.5 Å². The predicted octanol–water partition coefficient (Wildman–Crippen LogP) is 4.84. The molecule has 174 valence electrons. The number of sulfonamides is 1. The van der Waals surface area contributed by atoms with E-state index < -0.39 is 21.7 Å². The Morgan fingerprint density at radius 3 is 2.36 bits per heavy atom. The van der Waals surface area contributed by atoms with E-state index in [1.807, 2.05) is 13.8 Å². The molecule has 0 unspecified atom stereocenters. The van der Waals surface area contributed by atoms with E-state index in [2.05, 4.69) is 25.3 Å². The number of carbonyl (C=O) groups is 1. The molecule has 0 saturated carbocycles. The third-order valence-electron chi connectivity index (χ3n) is 4.35. The highest BCUT2D eigenvalue weighted by Gasteiger charge is 2.15. The Balaban J connectivity index is 1.87. The van der Waals surface area contributed by atoms with E-state index in [1.54, 1.807) is 12.1 Å². The number of Topliss-reactive ketones (excluding diaryl/α,β-unsaturated/α-hetero) is 1. The molecule has 1 aromatic heterocycles. The lowest BCUT2D eigenvalue weighted by atomic mass is 10.0. The van der Waals surface area contributed by atoms with Crippen LogP contribution in [0.3, 0.4) is 0 Å². The van der Waals surface area contributed by atoms with Crippen LogP contribution in [0.25, 0.3) is 0 Å². The molecule has 0 amide bonds. The van der Waals surface area contributed by atoms with E-state index in [9.17, 15) is 22.0 Å². The highest BCUT2D eigenvalue weighted by atomic mass is 32.2. The summed E-state index contributed by atoms with van der Waals surface area (Å²) in [6, 6.07) is 10.2. The van der Waals surface area contributed by atoms with Crippen LogP contribution in [-0.4, -0.2) is 30.4 Å². The monoisotopic (exact) mass is 475 g/mol. The van der Waals surface area contributed by atoms with E-state index in [4.69, 9.17) is 0 Å². The molecule has 0 radical (unpaired) electrons. The first-order chi connectivity index (χ1) is 15.5. The van der Waals surface area contributed by atoms with Gasteiger partial charge in [0.15, 0.2) is 17.4 Å². The summed E-state index contributed by atoms with van der Waals surface area (Å²) in [5.74, 6) is -1.82. The van der Waals surface area contributed by atoms with E-state index in [1.165, 1.54) is 24.3 Å². The second-order valence-electron chi connectivity index (χ2n) is 7.78. The van der Waals surface area contributed by atoms with Gasteiger partial charge in [0.2, 0.25) is 16.0 Å². The van der Waals surface area contributed by atoms with Crippen molar-refractivity contribution < 1.29 is 22.0 Å². The Labute approximate surface area is 190 Å². The number of nitrogens with one attached hydrogen (secondary N) is 3. The lowest BCUT2D eigenvalue weighted by molar-refractivity contribution is 0.0968. The number of rotatable bonds is 9. The molecule has 3 rings (SSSR count). The van der Waals surface area contributed by atoms with Crippen molar-refractivity contribution in [2.24, 2.45) is 5.92 Å². The van der Waals surface area contributed by atoms with Gasteiger partial charge in [-0.15, -0.1) is 0 Å². The van der Waals surface area contributed by atoms with Crippen LogP contribution in [0.15, 0.2) is 48.7 Å². The largest absolute Gasteiger partial charge is 0.336 e. The Bertz CT molecular complexity index is 1280. The maximum absolute atomic E-state index is 14.4. The summed E-state index contributed by atoms with van der Waals surface area (Å²) in [6.45, 7) is 3.82. The zero-order valence-corrected chi connectivity index (χ0v) is 19.0. The van der Waals surface area contributed by atoms with Gasteiger partial charge < -0.3 is 10.6 Å². The minimum Gasteiger partial charge on any atom is -0.336 e. The first-order valence-electron chi connectivity index (χ1n) is 9.98. The Morgan fingerprint density at radius 2 is 1.70 bits per heavy atom. The smallest absolute Gasteiger partial charge is 0.229 e. The third-order valence-corrected chi connectivity index (χ3v) is 4.94. The maximum atomic E-state index is 14.4. The maximum Gasteiger partial charge on any atom is 0.229 e. The standard InChI is InChI=1S/C22H23F2N5O3S/c1-13(2)10-20(30)14-8-9-15(23)19(11-14)27-22-25-12-16(24)21(28-22)26-17-6-4-5-7-18(17)29-33(3,31)32/h4-9,11-13,29H,10H2,1-3H3,(H2,25,26,27,28). The van der Waals surface area contributed by atoms with Crippen molar-refractivity contribution >= 4 is 44.6 Å². The normalized spacial score (nSPS) is 11.3. The van der Waals surface area contributed by atoms with Gasteiger partial charge in [-0.3, -0.25) is 9.52 Å². The Hall–Kier alpha value is -3.60. The lowest BCUT2D eigenvalue weighted by Crippen LogP contribution is -2.11. The molecule has 0 aliphatic heterocycles. The van der Waals surface area contributed by atoms with Crippen molar-refractivity contribution in [2.45, 2.75) is 20.3 Å². The number of ketones is 1. The number of aromatic nitrogens is 2. The van der Waals surface area contributed by atoms with Crippen molar-refractivity contribution in [1.29, 1.82) is 0 Å². The summed E-state index contributed by atoms with van der Waals surface area (Å²) in [6.07, 6.45) is 2.19. The van der Waals surface area contributed by atoms with Crippen molar-refractivity contribution in [1.82, 2.24) is 9.97 Å². The summed E-state index contributed by atoms with van der Waals surface area (Å²) in [5.41, 5.74) is 0.726. The summed E-state index contributed by atoms with van der Waals surface area (Å²) >= 11 is 0. The van der Waals surface area contributed by atoms with Crippen molar-refractivity contribution in [2.75, 3.05) is 21.6 Å². The number of anilines is 5. The topological polar surface area (TPSA) is 113 Å². The summed E-state index contributed by atoms with van der Waals surface area (Å²) in [5, 5.41) is 5.37. The van der Waals surface area contributed by atoms with Gasteiger partial charge >= 0.3 is 0 Å². The van der Waals surface area contributed by atoms with Crippen LogP contribution in [0.2, 0.25) is 0 Å². The molecule has 8 nitrogen and oxygen atoms in total. The molecule has 0 spiro atoms. The molecule has 11 heteroatoms. The zero-order chi connectivity index (χ0) is 24.2. The second-order valence-corrected chi connectivity index (χ2v) is 9.52. The highest BCUT2D eigenvalue weighted by molar-refractivity contribution is 7.92. The fraction of sp³-hybridized carbons (Fsp3) is 0.227. The van der Waals surface area contributed by atoms with Crippen LogP contribution in [0.1, 0.15) is 30.6 Å². The fourth-order valence-electron chi connectivity index (χ4n) is 2.93. The lowest BCUT2D eigenvalue weighted by Gasteiger charge is -2.14. The van der Waals surface area contributed by atoms with E-state index in [-0.39, 0.29) is 40.5 Å². The van der Waals surface area contributed by atoms with Gasteiger partial charge in [-0.2, -0.15) is 4.98 Å². The van der Waals surface area contributed by atoms with Gasteiger partial charge in [-0.1, -0.05) is 26.0 Å². The van der Waals surface area contributed by atoms with Crippen molar-refractivity contribution in [3.8, 4) is 0 Å². The van der Waals surface area contributed by atoms with Gasteiger partial charge in [0.25, 0.3) is 0 Å². The molecule has 3 aromatic rings. The molecule has 1 heterocycles. The molecule has 0 saturated heterocycles. The van der Waals surface area contributed by atoms with Crippen molar-refractivity contribution in [3.05, 3.63) is 65.9 Å². The number of hydrogen-bond acceptors (Lipinski definition) is 7. The van der Waals surface area contributed by atoms with Crippen LogP contribution in [0.4, 0.5) is 37.6 Å². The second kappa shape index (κ2) is 9.90. The van der Waals surface area contributed by atoms with Crippen LogP contribution in [0, 0.1) is 17.6 Å². The average molecular weight is 476 g/mol. The molecule has 0 bridgehead atoms. The quantitative estimate of drug-likeness (QED) is 0.380. The summed E-state index contributed by atoms with van der Waals surface area (Å²) in [4.78, 5) is 20.2. The van der Waals surface area contributed by atoms with Crippen LogP contribution < -0.4 is 15.4 Å². The average Bonchev–Trinajstić information content (AvgIpc) is 2.72. The minimum absolute atomic E-state index is 0.0405. The van der Waals surface area contributed by atoms with Crippen LogP contribution >= 0.6 is 0 Å². The third kappa shape index (κ3) is 6.69. The number of halogens is 2. The molecule has 33 heavy (non-hydrogen) atoms. The summed E-state index contributed by atoms with van der Waals surface area (Å²) in [7, 11) is -3.57. The van der Waals surface area contributed by atoms with Gasteiger partial charge in [0.05, 0.1) is 29.5 Å². The van der Waals surface area contributed by atoms with Crippen molar-refractivity contribution in [3.63, 3.8) is 0 Å². The molecular weight excluding hydrogens is 452 g/mol. The number of nitrogens with zero attached hydrogens (tertiary/aromatic N) is 2. The molecule has 0 atom stereocenters. The number of hydrogen-bond donors (Lipinski definition) is 3. The Morgan fingerprint density at radius 1 is 1.00 bits per heavy atom. The number of para-hydroxylation sites is 2. The number of benzene rings is 2. The molecular formula is C22H23F2N5O3S. The van der Waals surface area contributed by atoms with Gasteiger partial charge in [-0.05, 0) is 36.2 Å². The predicted molar refractivity (Wildman–Crippen MR) is 124 cm³/mol. The van der Waals surface area contributed by atoms with Crippen LogP contribution in [-0.2, 0) is 10.0 Å². The molecule has 0 fully saturated rings. The Kier molecular flexibility index (Phi) is 7.22.